The standard InChI is InChI=1S/C21H27ClN6O3/c1-21(2,3)28(20(30)31)18-8-12(11-24-27-23)4-6-16(18)26-19(29)17-10-13-9-14(22)5-7-15(13)25-17/h5,7,9-10,12,16,18,25H,4,6,8,11H2,1-3H3,(H,26,29)(H,30,31)/t12-,16-,18+/m0/s1. The molecule has 0 radical (unpaired) electrons. The van der Waals surface area contributed by atoms with Crippen LogP contribution in [-0.4, -0.2) is 51.2 Å². The largest absolute Gasteiger partial charge is 0.465 e. The highest BCUT2D eigenvalue weighted by Crippen LogP contribution is 2.33. The Balaban J connectivity index is 1.85. The SMILES string of the molecule is CC(C)(C)N(C(=O)O)[C@@H]1C[C@@H](CN=[N+]=[N-])CC[C@@H]1NC(=O)c1cc2cc(Cl)ccc2[nH]1. The number of rotatable bonds is 5. The molecule has 3 rings (SSSR count). The monoisotopic (exact) mass is 446 g/mol. The van der Waals surface area contributed by atoms with Crippen LogP contribution in [0.15, 0.2) is 29.4 Å². The number of hydrogen-bond donors (Lipinski definition) is 3. The molecule has 1 saturated carbocycles. The molecule has 1 aromatic heterocycles. The fourth-order valence-corrected chi connectivity index (χ4v) is 4.58. The summed E-state index contributed by atoms with van der Waals surface area (Å²) in [5.74, 6) is -0.233. The number of carbonyl (C=O) groups excluding carboxylic acids is 1. The van der Waals surface area contributed by atoms with Gasteiger partial charge in [-0.2, -0.15) is 0 Å². The second-order valence-corrected chi connectivity index (χ2v) is 9.41. The van der Waals surface area contributed by atoms with Crippen molar-refractivity contribution in [3.05, 3.63) is 45.4 Å². The Bertz CT molecular complexity index is 1020. The Morgan fingerprint density at radius 1 is 1.35 bits per heavy atom. The number of azide groups is 1. The quantitative estimate of drug-likeness (QED) is 0.332. The van der Waals surface area contributed by atoms with E-state index in [0.717, 1.165) is 17.3 Å². The summed E-state index contributed by atoms with van der Waals surface area (Å²) in [6.07, 6.45) is 0.797. The summed E-state index contributed by atoms with van der Waals surface area (Å²) in [5, 5.41) is 18.0. The third-order valence-electron chi connectivity index (χ3n) is 5.73. The van der Waals surface area contributed by atoms with Gasteiger partial charge in [0.05, 0.1) is 6.04 Å². The zero-order valence-electron chi connectivity index (χ0n) is 17.8. The molecular weight excluding hydrogens is 420 g/mol. The van der Waals surface area contributed by atoms with Crippen molar-refractivity contribution in [3.8, 4) is 0 Å². The van der Waals surface area contributed by atoms with Gasteiger partial charge in [-0.1, -0.05) is 16.7 Å². The molecule has 0 bridgehead atoms. The molecule has 1 aromatic carbocycles. The number of halogens is 1. The van der Waals surface area contributed by atoms with Crippen LogP contribution >= 0.6 is 11.6 Å². The van der Waals surface area contributed by atoms with Gasteiger partial charge in [-0.05, 0) is 75.7 Å². The minimum absolute atomic E-state index is 0.0634. The number of benzene rings is 1. The number of aromatic amines is 1. The van der Waals surface area contributed by atoms with Crippen LogP contribution in [0.25, 0.3) is 21.3 Å². The summed E-state index contributed by atoms with van der Waals surface area (Å²) < 4.78 is 0. The van der Waals surface area contributed by atoms with Gasteiger partial charge in [0.15, 0.2) is 0 Å². The van der Waals surface area contributed by atoms with Crippen molar-refractivity contribution in [2.45, 2.75) is 57.7 Å². The topological polar surface area (TPSA) is 134 Å². The smallest absolute Gasteiger partial charge is 0.408 e. The van der Waals surface area contributed by atoms with Crippen LogP contribution in [0, 0.1) is 5.92 Å². The molecule has 1 aliphatic carbocycles. The number of aromatic nitrogens is 1. The lowest BCUT2D eigenvalue weighted by Gasteiger charge is -2.47. The van der Waals surface area contributed by atoms with Crippen LogP contribution in [0.4, 0.5) is 4.79 Å². The Hall–Kier alpha value is -2.90. The molecule has 0 spiro atoms. The van der Waals surface area contributed by atoms with Gasteiger partial charge in [0.1, 0.15) is 5.69 Å². The molecule has 2 amide bonds. The lowest BCUT2D eigenvalue weighted by Crippen LogP contribution is -2.61. The first-order chi connectivity index (χ1) is 14.6. The molecule has 1 fully saturated rings. The predicted octanol–water partition coefficient (Wildman–Crippen LogP) is 5.18. The molecule has 1 aliphatic rings. The molecule has 0 saturated heterocycles. The molecule has 0 unspecified atom stereocenters. The normalized spacial score (nSPS) is 21.4. The maximum absolute atomic E-state index is 13.0. The van der Waals surface area contributed by atoms with Gasteiger partial charge >= 0.3 is 6.09 Å². The molecule has 3 N–H and O–H groups in total. The van der Waals surface area contributed by atoms with Gasteiger partial charge in [0.25, 0.3) is 5.91 Å². The molecule has 9 nitrogen and oxygen atoms in total. The van der Waals surface area contributed by atoms with Crippen LogP contribution in [0.3, 0.4) is 0 Å². The van der Waals surface area contributed by atoms with Crippen molar-refractivity contribution in [2.75, 3.05) is 6.54 Å². The van der Waals surface area contributed by atoms with Crippen molar-refractivity contribution in [1.82, 2.24) is 15.2 Å². The van der Waals surface area contributed by atoms with E-state index in [9.17, 15) is 14.7 Å². The number of fused-ring (bicyclic) bond motifs is 1. The highest BCUT2D eigenvalue weighted by Gasteiger charge is 2.42. The summed E-state index contributed by atoms with van der Waals surface area (Å²) in [5.41, 5.74) is 9.18. The fraction of sp³-hybridized carbons (Fsp3) is 0.524. The third-order valence-corrected chi connectivity index (χ3v) is 5.97. The van der Waals surface area contributed by atoms with Crippen LogP contribution in [0.5, 0.6) is 0 Å². The van der Waals surface area contributed by atoms with E-state index in [1.165, 1.54) is 4.90 Å². The first-order valence-corrected chi connectivity index (χ1v) is 10.6. The van der Waals surface area contributed by atoms with E-state index in [1.807, 2.05) is 26.8 Å². The van der Waals surface area contributed by atoms with Crippen LogP contribution in [0.1, 0.15) is 50.5 Å². The van der Waals surface area contributed by atoms with E-state index >= 15 is 0 Å². The zero-order valence-corrected chi connectivity index (χ0v) is 18.6. The Morgan fingerprint density at radius 2 is 2.10 bits per heavy atom. The summed E-state index contributed by atoms with van der Waals surface area (Å²) in [7, 11) is 0. The Kier molecular flexibility index (Phi) is 6.67. The molecule has 3 atom stereocenters. The van der Waals surface area contributed by atoms with Crippen molar-refractivity contribution < 1.29 is 14.7 Å². The number of carboxylic acid groups (broad SMARTS) is 1. The molecular formula is C21H27ClN6O3. The zero-order chi connectivity index (χ0) is 22.8. The van der Waals surface area contributed by atoms with E-state index in [1.54, 1.807) is 18.2 Å². The van der Waals surface area contributed by atoms with Crippen LogP contribution in [0.2, 0.25) is 5.02 Å². The first kappa shape index (κ1) is 22.8. The van der Waals surface area contributed by atoms with Crippen molar-refractivity contribution in [3.63, 3.8) is 0 Å². The average Bonchev–Trinajstić information content (AvgIpc) is 3.10. The lowest BCUT2D eigenvalue weighted by molar-refractivity contribution is 0.0311. The highest BCUT2D eigenvalue weighted by molar-refractivity contribution is 6.31. The summed E-state index contributed by atoms with van der Waals surface area (Å²) in [4.78, 5) is 32.5. The summed E-state index contributed by atoms with van der Waals surface area (Å²) in [6, 6.07) is 6.27. The number of nitrogens with one attached hydrogen (secondary N) is 2. The third kappa shape index (κ3) is 5.24. The van der Waals surface area contributed by atoms with Crippen LogP contribution in [-0.2, 0) is 0 Å². The summed E-state index contributed by atoms with van der Waals surface area (Å²) >= 11 is 6.03. The average molecular weight is 447 g/mol. The van der Waals surface area contributed by atoms with E-state index in [2.05, 4.69) is 20.3 Å². The number of nitrogens with zero attached hydrogens (tertiary/aromatic N) is 4. The van der Waals surface area contributed by atoms with Gasteiger partial charge in [0, 0.05) is 39.0 Å². The Labute approximate surface area is 185 Å². The van der Waals surface area contributed by atoms with E-state index in [4.69, 9.17) is 17.1 Å². The lowest BCUT2D eigenvalue weighted by atomic mass is 9.80. The Morgan fingerprint density at radius 3 is 2.74 bits per heavy atom. The number of hydrogen-bond acceptors (Lipinski definition) is 3. The second-order valence-electron chi connectivity index (χ2n) is 8.98. The van der Waals surface area contributed by atoms with Gasteiger partial charge in [-0.3, -0.25) is 9.69 Å². The van der Waals surface area contributed by atoms with Gasteiger partial charge < -0.3 is 15.4 Å². The maximum atomic E-state index is 13.0. The van der Waals surface area contributed by atoms with Crippen LogP contribution < -0.4 is 5.32 Å². The van der Waals surface area contributed by atoms with Gasteiger partial charge in [-0.15, -0.1) is 0 Å². The minimum atomic E-state index is -1.04. The molecule has 2 aromatic rings. The van der Waals surface area contributed by atoms with Crippen molar-refractivity contribution in [1.29, 1.82) is 0 Å². The van der Waals surface area contributed by atoms with Crippen molar-refractivity contribution >= 4 is 34.5 Å². The first-order valence-electron chi connectivity index (χ1n) is 10.2. The van der Waals surface area contributed by atoms with Gasteiger partial charge in [-0.25, -0.2) is 4.79 Å². The number of H-pyrrole nitrogens is 1. The van der Waals surface area contributed by atoms with Crippen molar-refractivity contribution in [2.24, 2.45) is 11.0 Å². The predicted molar refractivity (Wildman–Crippen MR) is 119 cm³/mol. The van der Waals surface area contributed by atoms with E-state index in [0.29, 0.717) is 30.1 Å². The molecule has 10 heteroatoms. The molecule has 166 valence electrons. The van der Waals surface area contributed by atoms with E-state index in [-0.39, 0.29) is 17.9 Å². The highest BCUT2D eigenvalue weighted by atomic mass is 35.5. The fourth-order valence-electron chi connectivity index (χ4n) is 4.40. The molecule has 0 aliphatic heterocycles. The number of carbonyl (C=O) groups is 2. The van der Waals surface area contributed by atoms with E-state index < -0.39 is 17.7 Å². The molecule has 31 heavy (non-hydrogen) atoms. The minimum Gasteiger partial charge on any atom is -0.465 e. The number of amides is 2. The maximum Gasteiger partial charge on any atom is 0.408 e. The van der Waals surface area contributed by atoms with Gasteiger partial charge in [0.2, 0.25) is 0 Å². The summed E-state index contributed by atoms with van der Waals surface area (Å²) in [6.45, 7) is 5.81. The second kappa shape index (κ2) is 9.08. The molecule has 1 heterocycles.